The first-order valence-corrected chi connectivity index (χ1v) is 5.53. The summed E-state index contributed by atoms with van der Waals surface area (Å²) >= 11 is 3.20. The molecular formula is C10H12BrFN2O2. The van der Waals surface area contributed by atoms with Crippen molar-refractivity contribution >= 4 is 21.9 Å². The maximum absolute atomic E-state index is 13.5. The van der Waals surface area contributed by atoms with E-state index in [9.17, 15) is 9.18 Å². The van der Waals surface area contributed by atoms with E-state index in [0.29, 0.717) is 5.69 Å². The number of carbonyl (C=O) groups is 1. The van der Waals surface area contributed by atoms with Gasteiger partial charge in [-0.15, -0.1) is 0 Å². The summed E-state index contributed by atoms with van der Waals surface area (Å²) in [5.74, 6) is -0.959. The molecule has 1 aromatic heterocycles. The number of aromatic nitrogens is 1. The molecule has 0 saturated carbocycles. The molecule has 16 heavy (non-hydrogen) atoms. The molecule has 0 bridgehead atoms. The van der Waals surface area contributed by atoms with Crippen molar-refractivity contribution in [3.05, 3.63) is 28.5 Å². The molecule has 88 valence electrons. The maximum atomic E-state index is 13.5. The number of hydrogen-bond acceptors (Lipinski definition) is 4. The number of ether oxygens (including phenoxy) is 1. The van der Waals surface area contributed by atoms with Crippen molar-refractivity contribution in [1.29, 1.82) is 0 Å². The average molecular weight is 291 g/mol. The molecule has 0 fully saturated rings. The summed E-state index contributed by atoms with van der Waals surface area (Å²) in [6.07, 6.45) is -0.402. The van der Waals surface area contributed by atoms with E-state index in [1.165, 1.54) is 6.20 Å². The minimum Gasteiger partial charge on any atom is -0.464 e. The molecule has 0 spiro atoms. The van der Waals surface area contributed by atoms with Gasteiger partial charge in [0.25, 0.3) is 0 Å². The van der Waals surface area contributed by atoms with Gasteiger partial charge in [-0.25, -0.2) is 9.18 Å². The molecular weight excluding hydrogens is 279 g/mol. The lowest BCUT2D eigenvalue weighted by molar-refractivity contribution is -0.150. The molecule has 2 N–H and O–H groups in total. The van der Waals surface area contributed by atoms with Gasteiger partial charge in [-0.1, -0.05) is 0 Å². The Morgan fingerprint density at radius 2 is 2.38 bits per heavy atom. The molecule has 4 nitrogen and oxygen atoms in total. The molecule has 0 saturated heterocycles. The summed E-state index contributed by atoms with van der Waals surface area (Å²) in [4.78, 5) is 15.0. The second kappa shape index (κ2) is 5.91. The lowest BCUT2D eigenvalue weighted by atomic mass is 10.1. The number of carbonyl (C=O) groups excluding carboxylic acids is 1. The highest BCUT2D eigenvalue weighted by molar-refractivity contribution is 9.10. The van der Waals surface area contributed by atoms with Gasteiger partial charge in [-0.2, -0.15) is 0 Å². The third kappa shape index (κ3) is 3.24. The van der Waals surface area contributed by atoms with Crippen LogP contribution in [0, 0.1) is 0 Å². The number of hydrogen-bond donors (Lipinski definition) is 1. The number of nitrogens with two attached hydrogens (primary N) is 1. The average Bonchev–Trinajstić information content (AvgIpc) is 2.28. The lowest BCUT2D eigenvalue weighted by Crippen LogP contribution is -2.32. The van der Waals surface area contributed by atoms with Crippen LogP contribution in [-0.4, -0.2) is 23.7 Å². The predicted molar refractivity (Wildman–Crippen MR) is 60.4 cm³/mol. The first kappa shape index (κ1) is 13.1. The van der Waals surface area contributed by atoms with Crippen LogP contribution in [0.15, 0.2) is 22.8 Å². The SMILES string of the molecule is CCOC(=O)C(F)[C@@H](N)c1ccc(Br)cn1. The number of pyridine rings is 1. The normalized spacial score (nSPS) is 14.2. The fourth-order valence-corrected chi connectivity index (χ4v) is 1.34. The van der Waals surface area contributed by atoms with Crippen molar-refractivity contribution in [3.63, 3.8) is 0 Å². The fourth-order valence-electron chi connectivity index (χ4n) is 1.10. The second-order valence-electron chi connectivity index (χ2n) is 3.08. The lowest BCUT2D eigenvalue weighted by Gasteiger charge is -2.14. The minimum atomic E-state index is -1.89. The quantitative estimate of drug-likeness (QED) is 0.858. The Labute approximate surface area is 101 Å². The van der Waals surface area contributed by atoms with Crippen molar-refractivity contribution < 1.29 is 13.9 Å². The Kier molecular flexibility index (Phi) is 4.82. The number of rotatable bonds is 4. The molecule has 1 aromatic rings. The van der Waals surface area contributed by atoms with E-state index in [1.807, 2.05) is 0 Å². The molecule has 0 aliphatic heterocycles. The van der Waals surface area contributed by atoms with Gasteiger partial charge in [0.1, 0.15) is 0 Å². The van der Waals surface area contributed by atoms with Crippen LogP contribution >= 0.6 is 15.9 Å². The molecule has 0 aliphatic rings. The largest absolute Gasteiger partial charge is 0.464 e. The third-order valence-electron chi connectivity index (χ3n) is 1.92. The van der Waals surface area contributed by atoms with Crippen LogP contribution in [0.4, 0.5) is 4.39 Å². The Balaban J connectivity index is 2.73. The van der Waals surface area contributed by atoms with E-state index in [4.69, 9.17) is 5.73 Å². The van der Waals surface area contributed by atoms with Crippen molar-refractivity contribution in [3.8, 4) is 0 Å². The second-order valence-corrected chi connectivity index (χ2v) is 4.00. The van der Waals surface area contributed by atoms with Crippen molar-refractivity contribution in [1.82, 2.24) is 4.98 Å². The van der Waals surface area contributed by atoms with Gasteiger partial charge < -0.3 is 10.5 Å². The fraction of sp³-hybridized carbons (Fsp3) is 0.400. The topological polar surface area (TPSA) is 65.2 Å². The van der Waals surface area contributed by atoms with Crippen LogP contribution in [-0.2, 0) is 9.53 Å². The number of esters is 1. The smallest absolute Gasteiger partial charge is 0.342 e. The molecule has 1 heterocycles. The number of halogens is 2. The van der Waals surface area contributed by atoms with Gasteiger partial charge in [0.05, 0.1) is 18.3 Å². The Morgan fingerprint density at radius 1 is 1.69 bits per heavy atom. The van der Waals surface area contributed by atoms with E-state index >= 15 is 0 Å². The van der Waals surface area contributed by atoms with E-state index in [-0.39, 0.29) is 6.61 Å². The van der Waals surface area contributed by atoms with Crippen LogP contribution < -0.4 is 5.73 Å². The monoisotopic (exact) mass is 290 g/mol. The molecule has 0 amide bonds. The third-order valence-corrected chi connectivity index (χ3v) is 2.39. The van der Waals surface area contributed by atoms with E-state index in [0.717, 1.165) is 4.47 Å². The molecule has 2 atom stereocenters. The molecule has 1 rings (SSSR count). The molecule has 6 heteroatoms. The van der Waals surface area contributed by atoms with Gasteiger partial charge >= 0.3 is 5.97 Å². The summed E-state index contributed by atoms with van der Waals surface area (Å²) in [5.41, 5.74) is 5.88. The van der Waals surface area contributed by atoms with Gasteiger partial charge in [-0.05, 0) is 35.0 Å². The standard InChI is InChI=1S/C10H12BrFN2O2/c1-2-16-10(15)8(12)9(13)7-4-3-6(11)5-14-7/h3-5,8-9H,2,13H2,1H3/t8?,9-/m0/s1. The highest BCUT2D eigenvalue weighted by atomic mass is 79.9. The highest BCUT2D eigenvalue weighted by Gasteiger charge is 2.28. The van der Waals surface area contributed by atoms with Crippen LogP contribution in [0.25, 0.3) is 0 Å². The van der Waals surface area contributed by atoms with Crippen LogP contribution in [0.2, 0.25) is 0 Å². The zero-order valence-corrected chi connectivity index (χ0v) is 10.3. The number of alkyl halides is 1. The first-order valence-electron chi connectivity index (χ1n) is 4.74. The summed E-state index contributed by atoms with van der Waals surface area (Å²) in [6, 6.07) is 2.13. The number of nitrogens with zero attached hydrogens (tertiary/aromatic N) is 1. The summed E-state index contributed by atoms with van der Waals surface area (Å²) in [7, 11) is 0. The first-order chi connectivity index (χ1) is 7.56. The van der Waals surface area contributed by atoms with Gasteiger partial charge in [0.15, 0.2) is 0 Å². The predicted octanol–water partition coefficient (Wildman–Crippen LogP) is 1.75. The molecule has 0 radical (unpaired) electrons. The highest BCUT2D eigenvalue weighted by Crippen LogP contribution is 2.17. The Morgan fingerprint density at radius 3 is 2.88 bits per heavy atom. The zero-order chi connectivity index (χ0) is 12.1. The van der Waals surface area contributed by atoms with Gasteiger partial charge in [0.2, 0.25) is 6.17 Å². The van der Waals surface area contributed by atoms with Gasteiger partial charge in [0, 0.05) is 10.7 Å². The zero-order valence-electron chi connectivity index (χ0n) is 8.69. The summed E-state index contributed by atoms with van der Waals surface area (Å²) < 4.78 is 18.8. The van der Waals surface area contributed by atoms with Crippen LogP contribution in [0.3, 0.4) is 0 Å². The molecule has 1 unspecified atom stereocenters. The Hall–Kier alpha value is -1.01. The van der Waals surface area contributed by atoms with E-state index in [2.05, 4.69) is 25.7 Å². The van der Waals surface area contributed by atoms with Gasteiger partial charge in [-0.3, -0.25) is 4.98 Å². The van der Waals surface area contributed by atoms with Crippen molar-refractivity contribution in [2.45, 2.75) is 19.1 Å². The molecule has 0 aromatic carbocycles. The van der Waals surface area contributed by atoms with Crippen LogP contribution in [0.1, 0.15) is 18.7 Å². The minimum absolute atomic E-state index is 0.125. The molecule has 0 aliphatic carbocycles. The summed E-state index contributed by atoms with van der Waals surface area (Å²) in [5, 5.41) is 0. The maximum Gasteiger partial charge on any atom is 0.342 e. The summed E-state index contributed by atoms with van der Waals surface area (Å²) in [6.45, 7) is 1.73. The van der Waals surface area contributed by atoms with E-state index < -0.39 is 18.2 Å². The Bertz CT molecular complexity index is 358. The van der Waals surface area contributed by atoms with Crippen molar-refractivity contribution in [2.24, 2.45) is 5.73 Å². The van der Waals surface area contributed by atoms with E-state index in [1.54, 1.807) is 19.1 Å². The van der Waals surface area contributed by atoms with Crippen molar-refractivity contribution in [2.75, 3.05) is 6.61 Å². The van der Waals surface area contributed by atoms with Crippen LogP contribution in [0.5, 0.6) is 0 Å².